The molecule has 0 N–H and O–H groups in total. The van der Waals surface area contributed by atoms with Crippen LogP contribution in [0.2, 0.25) is 18.1 Å². The molecular formula is C29H50O3SSi. The number of hydrogen-bond donors (Lipinski definition) is 0. The number of benzene rings is 1. The second-order valence-electron chi connectivity index (χ2n) is 9.72. The molecule has 5 heteroatoms. The summed E-state index contributed by atoms with van der Waals surface area (Å²) in [5.74, 6) is 0. The highest BCUT2D eigenvalue weighted by Gasteiger charge is 2.39. The van der Waals surface area contributed by atoms with E-state index in [9.17, 15) is 8.42 Å². The van der Waals surface area contributed by atoms with Crippen LogP contribution in [0.5, 0.6) is 0 Å². The maximum absolute atomic E-state index is 13.9. The van der Waals surface area contributed by atoms with E-state index in [1.54, 1.807) is 24.3 Å². The molecule has 0 saturated heterocycles. The summed E-state index contributed by atoms with van der Waals surface area (Å²) < 4.78 is 34.9. The smallest absolute Gasteiger partial charge is 0.205 e. The lowest BCUT2D eigenvalue weighted by Gasteiger charge is -2.37. The minimum Gasteiger partial charge on any atom is -0.409 e. The summed E-state index contributed by atoms with van der Waals surface area (Å²) in [6.07, 6.45) is 13.7. The Labute approximate surface area is 212 Å². The summed E-state index contributed by atoms with van der Waals surface area (Å²) in [4.78, 5) is 0.738. The van der Waals surface area contributed by atoms with Crippen LogP contribution in [0.25, 0.3) is 0 Å². The summed E-state index contributed by atoms with van der Waals surface area (Å²) in [7, 11) is -5.76. The summed E-state index contributed by atoms with van der Waals surface area (Å²) in [5, 5.41) is 0. The molecule has 0 radical (unpaired) electrons. The Bertz CT molecular complexity index is 806. The van der Waals surface area contributed by atoms with E-state index in [1.807, 2.05) is 19.1 Å². The fourth-order valence-corrected chi connectivity index (χ4v) is 11.1. The van der Waals surface area contributed by atoms with Crippen LogP contribution in [-0.4, -0.2) is 22.8 Å². The Morgan fingerprint density at radius 3 is 1.82 bits per heavy atom. The van der Waals surface area contributed by atoms with E-state index in [0.29, 0.717) is 9.80 Å². The Hall–Kier alpha value is -1.17. The van der Waals surface area contributed by atoms with Gasteiger partial charge >= 0.3 is 0 Å². The Morgan fingerprint density at radius 1 is 0.882 bits per heavy atom. The van der Waals surface area contributed by atoms with Crippen molar-refractivity contribution < 1.29 is 12.8 Å². The standard InChI is InChI=1S/C29H50O3SSi/c1-7-12-16-18-28(32-34(23-13-8-2,24-14-9-3)25-15-10-4)29(17-11-5)33(30,31)27-21-19-26(6)20-22-27/h11,17,19-22,28H,5,7-10,12-16,18,23-25H2,1-4,6H3/b29-17+/t28-/m0/s1. The number of hydrogen-bond acceptors (Lipinski definition) is 3. The van der Waals surface area contributed by atoms with Gasteiger partial charge in [0.15, 0.2) is 8.32 Å². The van der Waals surface area contributed by atoms with Gasteiger partial charge in [-0.25, -0.2) is 8.42 Å². The lowest BCUT2D eigenvalue weighted by Crippen LogP contribution is -2.43. The van der Waals surface area contributed by atoms with Crippen LogP contribution >= 0.6 is 0 Å². The van der Waals surface area contributed by atoms with Gasteiger partial charge in [-0.15, -0.1) is 0 Å². The largest absolute Gasteiger partial charge is 0.409 e. The minimum absolute atomic E-state index is 0.346. The molecule has 1 rings (SSSR count). The van der Waals surface area contributed by atoms with Gasteiger partial charge in [0.25, 0.3) is 0 Å². The van der Waals surface area contributed by atoms with Gasteiger partial charge in [-0.1, -0.05) is 116 Å². The van der Waals surface area contributed by atoms with Crippen LogP contribution in [0.4, 0.5) is 0 Å². The van der Waals surface area contributed by atoms with Crippen LogP contribution in [-0.2, 0) is 14.3 Å². The molecule has 0 amide bonds. The molecule has 0 spiro atoms. The van der Waals surface area contributed by atoms with E-state index in [2.05, 4.69) is 34.3 Å². The van der Waals surface area contributed by atoms with Crippen LogP contribution in [0.3, 0.4) is 0 Å². The van der Waals surface area contributed by atoms with Gasteiger partial charge < -0.3 is 4.43 Å². The topological polar surface area (TPSA) is 43.4 Å². The summed E-state index contributed by atoms with van der Waals surface area (Å²) in [6.45, 7) is 14.7. The molecule has 0 saturated carbocycles. The Morgan fingerprint density at radius 2 is 1.38 bits per heavy atom. The first kappa shape index (κ1) is 30.9. The third-order valence-electron chi connectivity index (χ3n) is 6.66. The second-order valence-corrected chi connectivity index (χ2v) is 15.8. The van der Waals surface area contributed by atoms with E-state index in [1.165, 1.54) is 0 Å². The third kappa shape index (κ3) is 9.83. The highest BCUT2D eigenvalue weighted by molar-refractivity contribution is 7.95. The molecule has 0 unspecified atom stereocenters. The monoisotopic (exact) mass is 506 g/mol. The quantitative estimate of drug-likeness (QED) is 0.107. The van der Waals surface area contributed by atoms with Gasteiger partial charge in [0.05, 0.1) is 15.9 Å². The average Bonchev–Trinajstić information content (AvgIpc) is 2.83. The lowest BCUT2D eigenvalue weighted by atomic mass is 10.1. The van der Waals surface area contributed by atoms with Gasteiger partial charge in [-0.05, 0) is 49.7 Å². The molecular weight excluding hydrogens is 456 g/mol. The van der Waals surface area contributed by atoms with Crippen molar-refractivity contribution in [3.05, 3.63) is 53.5 Å². The van der Waals surface area contributed by atoms with E-state index < -0.39 is 24.3 Å². The highest BCUT2D eigenvalue weighted by atomic mass is 32.2. The number of unbranched alkanes of at least 4 members (excludes halogenated alkanes) is 5. The average molecular weight is 507 g/mol. The molecule has 3 nitrogen and oxygen atoms in total. The van der Waals surface area contributed by atoms with Crippen molar-refractivity contribution in [2.24, 2.45) is 0 Å². The van der Waals surface area contributed by atoms with Crippen molar-refractivity contribution >= 4 is 18.2 Å². The number of sulfone groups is 1. The van der Waals surface area contributed by atoms with Crippen LogP contribution in [0.1, 0.15) is 97.5 Å². The third-order valence-corrected chi connectivity index (χ3v) is 13.2. The normalized spacial score (nSPS) is 13.7. The van der Waals surface area contributed by atoms with Crippen molar-refractivity contribution in [1.29, 1.82) is 0 Å². The lowest BCUT2D eigenvalue weighted by molar-refractivity contribution is 0.209. The fraction of sp³-hybridized carbons (Fsp3) is 0.655. The molecule has 0 aliphatic heterocycles. The molecule has 1 aromatic carbocycles. The van der Waals surface area contributed by atoms with Crippen molar-refractivity contribution in [3.8, 4) is 0 Å². The molecule has 0 aliphatic carbocycles. The molecule has 1 atom stereocenters. The first-order valence-corrected chi connectivity index (χ1v) is 17.6. The molecule has 0 bridgehead atoms. The molecule has 1 aromatic rings. The van der Waals surface area contributed by atoms with Gasteiger partial charge in [-0.2, -0.15) is 0 Å². The van der Waals surface area contributed by atoms with Crippen molar-refractivity contribution in [1.82, 2.24) is 0 Å². The highest BCUT2D eigenvalue weighted by Crippen LogP contribution is 2.36. The minimum atomic E-state index is -3.66. The van der Waals surface area contributed by atoms with Crippen molar-refractivity contribution in [2.75, 3.05) is 0 Å². The van der Waals surface area contributed by atoms with Gasteiger partial charge in [-0.3, -0.25) is 0 Å². The van der Waals surface area contributed by atoms with Gasteiger partial charge in [0.1, 0.15) is 0 Å². The summed E-state index contributed by atoms with van der Waals surface area (Å²) in [5.41, 5.74) is 1.05. The molecule has 0 fully saturated rings. The van der Waals surface area contributed by atoms with Crippen LogP contribution in [0.15, 0.2) is 52.8 Å². The zero-order chi connectivity index (χ0) is 25.5. The molecule has 0 aromatic heterocycles. The van der Waals surface area contributed by atoms with E-state index in [-0.39, 0.29) is 0 Å². The van der Waals surface area contributed by atoms with Crippen molar-refractivity contribution in [2.45, 2.75) is 128 Å². The SMILES string of the molecule is C=C/C=C(\[C@H](CCCCC)O[Si](CCCC)(CCCC)CCCC)S(=O)(=O)c1ccc(C)cc1. The zero-order valence-electron chi connectivity index (χ0n) is 22.6. The maximum Gasteiger partial charge on any atom is 0.205 e. The van der Waals surface area contributed by atoms with Crippen molar-refractivity contribution in [3.63, 3.8) is 0 Å². The fourth-order valence-electron chi connectivity index (χ4n) is 4.53. The molecule has 0 heterocycles. The number of aryl methyl sites for hydroxylation is 1. The van der Waals surface area contributed by atoms with Gasteiger partial charge in [0, 0.05) is 0 Å². The number of rotatable bonds is 19. The van der Waals surface area contributed by atoms with E-state index in [4.69, 9.17) is 4.43 Å². The predicted octanol–water partition coefficient (Wildman–Crippen LogP) is 9.15. The summed E-state index contributed by atoms with van der Waals surface area (Å²) in [6, 6.07) is 10.6. The van der Waals surface area contributed by atoms with E-state index in [0.717, 1.165) is 87.9 Å². The summed E-state index contributed by atoms with van der Waals surface area (Å²) >= 11 is 0. The molecule has 194 valence electrons. The second kappa shape index (κ2) is 16.5. The Balaban J connectivity index is 3.50. The molecule has 0 aliphatic rings. The zero-order valence-corrected chi connectivity index (χ0v) is 24.4. The first-order valence-electron chi connectivity index (χ1n) is 13.6. The maximum atomic E-state index is 13.9. The Kier molecular flexibility index (Phi) is 15.0. The van der Waals surface area contributed by atoms with Gasteiger partial charge in [0.2, 0.25) is 9.84 Å². The van der Waals surface area contributed by atoms with Crippen LogP contribution in [0, 0.1) is 6.92 Å². The number of allylic oxidation sites excluding steroid dienone is 2. The molecule has 34 heavy (non-hydrogen) atoms. The predicted molar refractivity (Wildman–Crippen MR) is 151 cm³/mol. The van der Waals surface area contributed by atoms with Crippen LogP contribution < -0.4 is 0 Å². The first-order chi connectivity index (χ1) is 16.3. The van der Waals surface area contributed by atoms with E-state index >= 15 is 0 Å².